The fourth-order valence-corrected chi connectivity index (χ4v) is 3.84. The lowest BCUT2D eigenvalue weighted by Crippen LogP contribution is -2.26. The molecule has 5 heterocycles. The van der Waals surface area contributed by atoms with Crippen LogP contribution in [-0.4, -0.2) is 73.2 Å². The molecule has 0 unspecified atom stereocenters. The molecular weight excluding hydrogens is 440 g/mol. The summed E-state index contributed by atoms with van der Waals surface area (Å²) in [6.45, 7) is 1.11. The van der Waals surface area contributed by atoms with Crippen molar-refractivity contribution in [3.8, 4) is 11.3 Å². The topological polar surface area (TPSA) is 154 Å². The summed E-state index contributed by atoms with van der Waals surface area (Å²) in [5.74, 6) is 0.372. The Bertz CT molecular complexity index is 1330. The normalized spacial score (nSPS) is 15.7. The SMILES string of the molecule is Cn1cc(-c2cccc(NC(=O)c3cc4oc(NCCO)nc4nc3N3CC[C@@H](O)C3)n2)cn1. The monoisotopic (exact) mass is 464 g/mol. The number of aryl methyl sites for hydroxylation is 1. The van der Waals surface area contributed by atoms with Crippen LogP contribution in [0.5, 0.6) is 0 Å². The van der Waals surface area contributed by atoms with Gasteiger partial charge in [0.15, 0.2) is 5.58 Å². The van der Waals surface area contributed by atoms with Crippen LogP contribution in [0.4, 0.5) is 17.7 Å². The first-order valence-electron chi connectivity index (χ1n) is 10.9. The number of aromatic nitrogens is 5. The lowest BCUT2D eigenvalue weighted by atomic mass is 10.2. The second-order valence-corrected chi connectivity index (χ2v) is 8.00. The van der Waals surface area contributed by atoms with Crippen molar-refractivity contribution in [3.05, 3.63) is 42.2 Å². The molecule has 5 rings (SSSR count). The lowest BCUT2D eigenvalue weighted by molar-refractivity contribution is 0.102. The Morgan fingerprint density at radius 3 is 2.91 bits per heavy atom. The lowest BCUT2D eigenvalue weighted by Gasteiger charge is -2.19. The summed E-state index contributed by atoms with van der Waals surface area (Å²) in [4.78, 5) is 28.6. The summed E-state index contributed by atoms with van der Waals surface area (Å²) >= 11 is 0. The second-order valence-electron chi connectivity index (χ2n) is 8.00. The minimum Gasteiger partial charge on any atom is -0.422 e. The molecule has 176 valence electrons. The van der Waals surface area contributed by atoms with E-state index in [1.54, 1.807) is 29.1 Å². The van der Waals surface area contributed by atoms with Crippen molar-refractivity contribution in [1.82, 2.24) is 24.7 Å². The summed E-state index contributed by atoms with van der Waals surface area (Å²) in [5.41, 5.74) is 2.44. The van der Waals surface area contributed by atoms with E-state index in [2.05, 4.69) is 30.7 Å². The van der Waals surface area contributed by atoms with Crippen LogP contribution in [0.25, 0.3) is 22.5 Å². The number of nitrogens with zero attached hydrogens (tertiary/aromatic N) is 6. The molecule has 4 aromatic rings. The van der Waals surface area contributed by atoms with Crippen molar-refractivity contribution in [2.24, 2.45) is 7.05 Å². The molecule has 12 nitrogen and oxygen atoms in total. The number of oxazole rings is 1. The van der Waals surface area contributed by atoms with Crippen molar-refractivity contribution < 1.29 is 19.4 Å². The van der Waals surface area contributed by atoms with Crippen LogP contribution < -0.4 is 15.5 Å². The molecule has 1 aliphatic rings. The number of carbonyl (C=O) groups is 1. The van der Waals surface area contributed by atoms with Gasteiger partial charge >= 0.3 is 0 Å². The molecule has 0 saturated carbocycles. The Morgan fingerprint density at radius 1 is 1.29 bits per heavy atom. The number of pyridine rings is 2. The zero-order valence-corrected chi connectivity index (χ0v) is 18.5. The van der Waals surface area contributed by atoms with Crippen LogP contribution in [0.2, 0.25) is 0 Å². The maximum atomic E-state index is 13.3. The number of aliphatic hydroxyl groups excluding tert-OH is 2. The summed E-state index contributed by atoms with van der Waals surface area (Å²) in [5, 5.41) is 28.9. The van der Waals surface area contributed by atoms with Crippen LogP contribution >= 0.6 is 0 Å². The number of carbonyl (C=O) groups excluding carboxylic acids is 1. The number of β-amino-alcohol motifs (C(OH)–C–C–N with tert-alkyl or cyclic N) is 1. The van der Waals surface area contributed by atoms with Crippen LogP contribution in [0.1, 0.15) is 16.8 Å². The largest absolute Gasteiger partial charge is 0.422 e. The summed E-state index contributed by atoms with van der Waals surface area (Å²) in [6, 6.07) is 7.13. The molecule has 1 saturated heterocycles. The molecule has 12 heteroatoms. The third kappa shape index (κ3) is 4.40. The number of aliphatic hydroxyl groups is 2. The highest BCUT2D eigenvalue weighted by Crippen LogP contribution is 2.29. The molecule has 4 N–H and O–H groups in total. The zero-order chi connectivity index (χ0) is 23.7. The molecule has 0 spiro atoms. The van der Waals surface area contributed by atoms with Gasteiger partial charge < -0.3 is 30.2 Å². The number of anilines is 3. The molecule has 1 aliphatic heterocycles. The Morgan fingerprint density at radius 2 is 2.18 bits per heavy atom. The molecule has 1 amide bonds. The van der Waals surface area contributed by atoms with Gasteiger partial charge in [0.1, 0.15) is 11.6 Å². The zero-order valence-electron chi connectivity index (χ0n) is 18.5. The molecule has 1 fully saturated rings. The summed E-state index contributed by atoms with van der Waals surface area (Å²) in [6.07, 6.45) is 3.63. The Hall–Kier alpha value is -4.03. The molecule has 0 radical (unpaired) electrons. The van der Waals surface area contributed by atoms with Gasteiger partial charge in [-0.15, -0.1) is 0 Å². The van der Waals surface area contributed by atoms with E-state index in [-0.39, 0.29) is 24.7 Å². The number of hydrogen-bond donors (Lipinski definition) is 4. The molecule has 0 bridgehead atoms. The van der Waals surface area contributed by atoms with E-state index in [0.717, 1.165) is 5.56 Å². The highest BCUT2D eigenvalue weighted by molar-refractivity contribution is 6.08. The third-order valence-electron chi connectivity index (χ3n) is 5.45. The fourth-order valence-electron chi connectivity index (χ4n) is 3.84. The van der Waals surface area contributed by atoms with Crippen LogP contribution in [0, 0.1) is 0 Å². The standard InChI is InChI=1S/C22H24N8O4/c1-29-11-13(10-24-29)16-3-2-4-18(25-16)26-21(33)15-9-17-19(28-22(34-17)23-6-8-31)27-20(15)30-7-5-14(32)12-30/h2-4,9-11,14,31-32H,5-8,12H2,1H3,(H,23,27,28)(H,25,26,33)/t14-/m1/s1. The van der Waals surface area contributed by atoms with Crippen molar-refractivity contribution in [3.63, 3.8) is 0 Å². The van der Waals surface area contributed by atoms with E-state index < -0.39 is 12.0 Å². The van der Waals surface area contributed by atoms with Gasteiger partial charge in [0.2, 0.25) is 5.65 Å². The van der Waals surface area contributed by atoms with Crippen LogP contribution in [0.15, 0.2) is 41.1 Å². The van der Waals surface area contributed by atoms with Gasteiger partial charge in [-0.3, -0.25) is 9.48 Å². The first-order valence-corrected chi connectivity index (χ1v) is 10.9. The average Bonchev–Trinajstić information content (AvgIpc) is 3.56. The third-order valence-corrected chi connectivity index (χ3v) is 5.45. The Balaban J connectivity index is 1.48. The van der Waals surface area contributed by atoms with Crippen molar-refractivity contribution in [2.45, 2.75) is 12.5 Å². The minimum absolute atomic E-state index is 0.0815. The summed E-state index contributed by atoms with van der Waals surface area (Å²) in [7, 11) is 1.82. The van der Waals surface area contributed by atoms with E-state index in [0.29, 0.717) is 48.1 Å². The predicted octanol–water partition coefficient (Wildman–Crippen LogP) is 1.25. The van der Waals surface area contributed by atoms with Gasteiger partial charge in [-0.2, -0.15) is 10.1 Å². The number of fused-ring (bicyclic) bond motifs is 1. The maximum absolute atomic E-state index is 13.3. The first kappa shape index (κ1) is 21.8. The van der Waals surface area contributed by atoms with Crippen molar-refractivity contribution in [2.75, 3.05) is 41.8 Å². The second kappa shape index (κ2) is 9.08. The molecule has 0 aromatic carbocycles. The van der Waals surface area contributed by atoms with E-state index in [1.807, 2.05) is 24.2 Å². The molecule has 1 atom stereocenters. The average molecular weight is 464 g/mol. The molecule has 34 heavy (non-hydrogen) atoms. The number of hydrogen-bond acceptors (Lipinski definition) is 10. The van der Waals surface area contributed by atoms with Gasteiger partial charge in [-0.1, -0.05) is 6.07 Å². The van der Waals surface area contributed by atoms with E-state index in [9.17, 15) is 9.90 Å². The van der Waals surface area contributed by atoms with Crippen LogP contribution in [-0.2, 0) is 7.05 Å². The maximum Gasteiger partial charge on any atom is 0.297 e. The predicted molar refractivity (Wildman–Crippen MR) is 125 cm³/mol. The highest BCUT2D eigenvalue weighted by atomic mass is 16.4. The number of amides is 1. The summed E-state index contributed by atoms with van der Waals surface area (Å²) < 4.78 is 7.34. The van der Waals surface area contributed by atoms with E-state index >= 15 is 0 Å². The van der Waals surface area contributed by atoms with E-state index in [4.69, 9.17) is 9.52 Å². The quantitative estimate of drug-likeness (QED) is 0.314. The molecular formula is C22H24N8O4. The fraction of sp³-hybridized carbons (Fsp3) is 0.318. The highest BCUT2D eigenvalue weighted by Gasteiger charge is 2.27. The Labute approximate surface area is 194 Å². The number of rotatable bonds is 7. The smallest absolute Gasteiger partial charge is 0.297 e. The first-order chi connectivity index (χ1) is 16.5. The Kier molecular flexibility index (Phi) is 5.82. The van der Waals surface area contributed by atoms with E-state index in [1.165, 1.54) is 0 Å². The van der Waals surface area contributed by atoms with Gasteiger partial charge in [0.25, 0.3) is 11.9 Å². The van der Waals surface area contributed by atoms with Crippen molar-refractivity contribution >= 4 is 34.8 Å². The van der Waals surface area contributed by atoms with Gasteiger partial charge in [0, 0.05) is 44.5 Å². The van der Waals surface area contributed by atoms with Crippen LogP contribution in [0.3, 0.4) is 0 Å². The van der Waals surface area contributed by atoms with Gasteiger partial charge in [0.05, 0.1) is 30.2 Å². The number of nitrogens with one attached hydrogen (secondary N) is 2. The molecule has 4 aromatic heterocycles. The van der Waals surface area contributed by atoms with Crippen molar-refractivity contribution in [1.29, 1.82) is 0 Å². The van der Waals surface area contributed by atoms with Gasteiger partial charge in [-0.05, 0) is 18.6 Å². The van der Waals surface area contributed by atoms with Gasteiger partial charge in [-0.25, -0.2) is 9.97 Å². The molecule has 0 aliphatic carbocycles. The minimum atomic E-state index is -0.495.